The SMILES string of the molecule is C[NH+](C)CCCNC(=S)NCc1ccccc1Cl. The minimum absolute atomic E-state index is 0.657. The van der Waals surface area contributed by atoms with Crippen LogP contribution in [-0.4, -0.2) is 32.3 Å². The van der Waals surface area contributed by atoms with Gasteiger partial charge < -0.3 is 15.5 Å². The number of hydrogen-bond acceptors (Lipinski definition) is 1. The molecule has 0 aliphatic carbocycles. The molecule has 0 fully saturated rings. The van der Waals surface area contributed by atoms with E-state index in [1.54, 1.807) is 0 Å². The average Bonchev–Trinajstić information content (AvgIpc) is 2.33. The summed E-state index contributed by atoms with van der Waals surface area (Å²) < 4.78 is 0. The Bertz CT molecular complexity index is 382. The number of quaternary nitrogens is 1. The van der Waals surface area contributed by atoms with E-state index in [2.05, 4.69) is 24.7 Å². The number of halogens is 1. The highest BCUT2D eigenvalue weighted by atomic mass is 35.5. The molecular formula is C13H21ClN3S+. The van der Waals surface area contributed by atoms with Crippen LogP contribution in [0.3, 0.4) is 0 Å². The highest BCUT2D eigenvalue weighted by Crippen LogP contribution is 2.13. The number of benzene rings is 1. The fourth-order valence-electron chi connectivity index (χ4n) is 1.52. The highest BCUT2D eigenvalue weighted by Gasteiger charge is 2.00. The number of thiocarbonyl (C=S) groups is 1. The van der Waals surface area contributed by atoms with E-state index in [-0.39, 0.29) is 0 Å². The van der Waals surface area contributed by atoms with E-state index in [4.69, 9.17) is 23.8 Å². The lowest BCUT2D eigenvalue weighted by Gasteiger charge is -2.12. The van der Waals surface area contributed by atoms with Crippen molar-refractivity contribution in [2.24, 2.45) is 0 Å². The van der Waals surface area contributed by atoms with E-state index in [0.717, 1.165) is 30.1 Å². The molecule has 1 rings (SSSR count). The summed E-state index contributed by atoms with van der Waals surface area (Å²) in [6, 6.07) is 7.77. The molecular weight excluding hydrogens is 266 g/mol. The largest absolute Gasteiger partial charge is 0.363 e. The minimum Gasteiger partial charge on any atom is -0.363 e. The molecule has 18 heavy (non-hydrogen) atoms. The van der Waals surface area contributed by atoms with Crippen molar-refractivity contribution in [2.75, 3.05) is 27.2 Å². The summed E-state index contributed by atoms with van der Waals surface area (Å²) in [5, 5.41) is 7.80. The lowest BCUT2D eigenvalue weighted by molar-refractivity contribution is -0.858. The molecule has 0 bridgehead atoms. The van der Waals surface area contributed by atoms with Gasteiger partial charge in [0, 0.05) is 24.5 Å². The van der Waals surface area contributed by atoms with Crippen molar-refractivity contribution in [2.45, 2.75) is 13.0 Å². The van der Waals surface area contributed by atoms with Gasteiger partial charge >= 0.3 is 0 Å². The fraction of sp³-hybridized carbons (Fsp3) is 0.462. The van der Waals surface area contributed by atoms with Gasteiger partial charge in [-0.15, -0.1) is 0 Å². The first kappa shape index (κ1) is 15.2. The van der Waals surface area contributed by atoms with Crippen molar-refractivity contribution in [3.63, 3.8) is 0 Å². The van der Waals surface area contributed by atoms with Gasteiger partial charge in [-0.05, 0) is 23.8 Å². The summed E-state index contributed by atoms with van der Waals surface area (Å²) in [7, 11) is 4.29. The first-order valence-electron chi connectivity index (χ1n) is 6.13. The number of hydrogen-bond donors (Lipinski definition) is 3. The molecule has 5 heteroatoms. The number of nitrogens with one attached hydrogen (secondary N) is 3. The van der Waals surface area contributed by atoms with E-state index in [0.29, 0.717) is 11.7 Å². The highest BCUT2D eigenvalue weighted by molar-refractivity contribution is 7.80. The first-order chi connectivity index (χ1) is 8.59. The maximum absolute atomic E-state index is 6.06. The van der Waals surface area contributed by atoms with Crippen LogP contribution in [0.1, 0.15) is 12.0 Å². The zero-order valence-corrected chi connectivity index (χ0v) is 12.5. The second kappa shape index (κ2) is 8.29. The molecule has 0 radical (unpaired) electrons. The normalized spacial score (nSPS) is 10.4. The summed E-state index contributed by atoms with van der Waals surface area (Å²) in [4.78, 5) is 1.45. The third kappa shape index (κ3) is 6.19. The molecule has 0 spiro atoms. The zero-order valence-electron chi connectivity index (χ0n) is 10.9. The van der Waals surface area contributed by atoms with Gasteiger partial charge in [0.15, 0.2) is 5.11 Å². The van der Waals surface area contributed by atoms with Gasteiger partial charge in [-0.2, -0.15) is 0 Å². The Morgan fingerprint density at radius 1 is 1.28 bits per heavy atom. The van der Waals surface area contributed by atoms with Crippen molar-refractivity contribution in [3.05, 3.63) is 34.9 Å². The Balaban J connectivity index is 2.19. The standard InChI is InChI=1S/C13H20ClN3S/c1-17(2)9-5-8-15-13(18)16-10-11-6-3-4-7-12(11)14/h3-4,6-7H,5,8-10H2,1-2H3,(H2,15,16,18)/p+1. The molecule has 0 amide bonds. The van der Waals surface area contributed by atoms with Crippen LogP contribution in [0.4, 0.5) is 0 Å². The third-order valence-electron chi connectivity index (χ3n) is 2.54. The average molecular weight is 287 g/mol. The third-order valence-corrected chi connectivity index (χ3v) is 3.19. The van der Waals surface area contributed by atoms with Crippen LogP contribution in [0.15, 0.2) is 24.3 Å². The molecule has 0 atom stereocenters. The van der Waals surface area contributed by atoms with E-state index < -0.39 is 0 Å². The van der Waals surface area contributed by atoms with E-state index in [9.17, 15) is 0 Å². The second-order valence-corrected chi connectivity index (χ2v) is 5.33. The van der Waals surface area contributed by atoms with Crippen LogP contribution in [0.5, 0.6) is 0 Å². The van der Waals surface area contributed by atoms with Gasteiger partial charge in [-0.25, -0.2) is 0 Å². The monoisotopic (exact) mass is 286 g/mol. The molecule has 3 nitrogen and oxygen atoms in total. The predicted octanol–water partition coefficient (Wildman–Crippen LogP) is 0.839. The van der Waals surface area contributed by atoms with Gasteiger partial charge in [0.25, 0.3) is 0 Å². The minimum atomic E-state index is 0.657. The lowest BCUT2D eigenvalue weighted by Crippen LogP contribution is -3.05. The summed E-state index contributed by atoms with van der Waals surface area (Å²) in [6.45, 7) is 2.70. The number of rotatable bonds is 6. The Labute approximate surface area is 120 Å². The lowest BCUT2D eigenvalue weighted by atomic mass is 10.2. The molecule has 0 saturated heterocycles. The molecule has 0 unspecified atom stereocenters. The predicted molar refractivity (Wildman–Crippen MR) is 81.2 cm³/mol. The van der Waals surface area contributed by atoms with E-state index in [1.807, 2.05) is 24.3 Å². The van der Waals surface area contributed by atoms with Crippen molar-refractivity contribution in [1.82, 2.24) is 10.6 Å². The molecule has 3 N–H and O–H groups in total. The second-order valence-electron chi connectivity index (χ2n) is 4.51. The van der Waals surface area contributed by atoms with Crippen molar-refractivity contribution in [3.8, 4) is 0 Å². The molecule has 0 aliphatic rings. The summed E-state index contributed by atoms with van der Waals surface area (Å²) in [5.41, 5.74) is 1.06. The van der Waals surface area contributed by atoms with Crippen molar-refractivity contribution >= 4 is 28.9 Å². The summed E-state index contributed by atoms with van der Waals surface area (Å²) >= 11 is 11.3. The summed E-state index contributed by atoms with van der Waals surface area (Å²) in [6.07, 6.45) is 1.11. The van der Waals surface area contributed by atoms with Gasteiger partial charge in [0.05, 0.1) is 20.6 Å². The molecule has 0 heterocycles. The van der Waals surface area contributed by atoms with Crippen LogP contribution in [0.25, 0.3) is 0 Å². The van der Waals surface area contributed by atoms with Crippen LogP contribution in [0.2, 0.25) is 5.02 Å². The molecule has 0 aromatic heterocycles. The van der Waals surface area contributed by atoms with E-state index in [1.165, 1.54) is 4.90 Å². The summed E-state index contributed by atoms with van der Waals surface area (Å²) in [5.74, 6) is 0. The Morgan fingerprint density at radius 3 is 2.67 bits per heavy atom. The first-order valence-corrected chi connectivity index (χ1v) is 6.92. The van der Waals surface area contributed by atoms with Gasteiger partial charge in [-0.3, -0.25) is 0 Å². The molecule has 1 aromatic carbocycles. The zero-order chi connectivity index (χ0) is 13.4. The van der Waals surface area contributed by atoms with E-state index >= 15 is 0 Å². The van der Waals surface area contributed by atoms with Crippen LogP contribution >= 0.6 is 23.8 Å². The van der Waals surface area contributed by atoms with Crippen molar-refractivity contribution in [1.29, 1.82) is 0 Å². The maximum atomic E-state index is 6.06. The quantitative estimate of drug-likeness (QED) is 0.535. The Kier molecular flexibility index (Phi) is 7.01. The maximum Gasteiger partial charge on any atom is 0.166 e. The van der Waals surface area contributed by atoms with Crippen LogP contribution in [-0.2, 0) is 6.54 Å². The topological polar surface area (TPSA) is 28.5 Å². The van der Waals surface area contributed by atoms with Gasteiger partial charge in [0.1, 0.15) is 0 Å². The molecule has 100 valence electrons. The Morgan fingerprint density at radius 2 is 2.00 bits per heavy atom. The molecule has 0 saturated carbocycles. The molecule has 1 aromatic rings. The smallest absolute Gasteiger partial charge is 0.166 e. The van der Waals surface area contributed by atoms with Crippen molar-refractivity contribution < 1.29 is 4.90 Å². The Hall–Kier alpha value is -0.840. The fourth-order valence-corrected chi connectivity index (χ4v) is 1.90. The van der Waals surface area contributed by atoms with Gasteiger partial charge in [-0.1, -0.05) is 29.8 Å². The van der Waals surface area contributed by atoms with Gasteiger partial charge in [0.2, 0.25) is 0 Å². The van der Waals surface area contributed by atoms with Crippen LogP contribution in [0, 0.1) is 0 Å². The van der Waals surface area contributed by atoms with Crippen LogP contribution < -0.4 is 15.5 Å². The molecule has 0 aliphatic heterocycles.